The van der Waals surface area contributed by atoms with Crippen molar-refractivity contribution in [1.29, 1.82) is 0 Å². The van der Waals surface area contributed by atoms with Gasteiger partial charge < -0.3 is 204 Å². The summed E-state index contributed by atoms with van der Waals surface area (Å²) in [6, 6.07) is -5.52. The molecule has 0 saturated carbocycles. The number of aliphatic hydroxyl groups is 23. The summed E-state index contributed by atoms with van der Waals surface area (Å²) >= 11 is 0. The lowest BCUT2D eigenvalue weighted by molar-refractivity contribution is -0.388. The van der Waals surface area contributed by atoms with Crippen molar-refractivity contribution >= 4 is 17.7 Å². The van der Waals surface area contributed by atoms with E-state index in [-0.39, 0.29) is 0 Å². The zero-order valence-electron chi connectivity index (χ0n) is 52.4. The summed E-state index contributed by atoms with van der Waals surface area (Å²) in [6.07, 6.45) is -73.5. The van der Waals surface area contributed by atoms with Crippen LogP contribution in [0.25, 0.3) is 0 Å². The maximum atomic E-state index is 13.0. The molecule has 0 aliphatic carbocycles. The van der Waals surface area contributed by atoms with E-state index in [0.29, 0.717) is 0 Å². The van der Waals surface area contributed by atoms with E-state index in [4.69, 9.17) is 71.1 Å². The molecule has 0 radical (unpaired) electrons. The number of carbonyl (C=O) groups is 3. The van der Waals surface area contributed by atoms with Crippen molar-refractivity contribution in [1.82, 2.24) is 16.0 Å². The summed E-state index contributed by atoms with van der Waals surface area (Å²) in [4.78, 5) is 38.3. The molecule has 0 spiro atoms. The van der Waals surface area contributed by atoms with Crippen LogP contribution >= 0.6 is 0 Å². The first-order valence-electron chi connectivity index (χ1n) is 31.1. The monoisotopic (exact) mass is 1440 g/mol. The van der Waals surface area contributed by atoms with Crippen molar-refractivity contribution in [3.05, 3.63) is 0 Å². The lowest BCUT2D eigenvalue weighted by Crippen LogP contribution is -2.71. The van der Waals surface area contributed by atoms with Crippen LogP contribution in [0.5, 0.6) is 0 Å². The summed E-state index contributed by atoms with van der Waals surface area (Å²) < 4.78 is 86.9. The molecule has 44 heteroatoms. The van der Waals surface area contributed by atoms with Gasteiger partial charge in [-0.05, 0) is 0 Å². The fourth-order valence-electron chi connectivity index (χ4n) is 12.6. The van der Waals surface area contributed by atoms with Gasteiger partial charge >= 0.3 is 0 Å². The second kappa shape index (κ2) is 35.1. The molecule has 8 heterocycles. The summed E-state index contributed by atoms with van der Waals surface area (Å²) in [6.45, 7) is -5.27. The second-order valence-corrected chi connectivity index (χ2v) is 24.6. The van der Waals surface area contributed by atoms with Crippen molar-refractivity contribution in [3.63, 3.8) is 0 Å². The van der Waals surface area contributed by atoms with Gasteiger partial charge in [0, 0.05) is 20.8 Å². The standard InChI is InChI=1S/C54H91N3O41/c1-12(65)55-23-30(72)41(93-51-37(79)33(75)26(68)15(4-58)86-51)19(8-62)89-48(23)84-11-22-29(71)46(40(82)54(92-22)96-44-18(7-61)85-47(83)36(78)35(44)77)98-50-25(57-14(3)67)32(74)43(21(10-64)91-50)95-53-39(81)45(28(70)17(6-60)88-53)97-49-24(56-13(2)66)31(73)42(20(9-63)90-49)94-52-38(80)34(76)27(69)16(5-59)87-52/h15-54,58-64,68-83H,4-11H2,1-3H3,(H,55,65)(H,56,66)(H,57,67)/t15-,16-,17-,18-,19-,20-,21-,22-,23-,24-,25-,26+,27+,28+,29+,30-,31-,32-,33+,34+,35-,36-,37-,38+,39-,40-,41-,42-,43-,44-,45-,46+,47?,48-,49+,50+,51+,52+,53+,54+/m1/s1. The molecular weight excluding hydrogens is 1350 g/mol. The van der Waals surface area contributed by atoms with Gasteiger partial charge in [-0.2, -0.15) is 0 Å². The van der Waals surface area contributed by atoms with Crippen molar-refractivity contribution in [3.8, 4) is 0 Å². The molecule has 26 N–H and O–H groups in total. The van der Waals surface area contributed by atoms with Crippen LogP contribution in [0.2, 0.25) is 0 Å². The summed E-state index contributed by atoms with van der Waals surface area (Å²) in [5, 5.41) is 257. The molecule has 568 valence electrons. The van der Waals surface area contributed by atoms with Crippen LogP contribution in [0.4, 0.5) is 0 Å². The first-order valence-corrected chi connectivity index (χ1v) is 31.1. The van der Waals surface area contributed by atoms with Crippen LogP contribution in [0.3, 0.4) is 0 Å². The van der Waals surface area contributed by atoms with E-state index >= 15 is 0 Å². The SMILES string of the molecule is CC(=O)N[C@H]1[C@H](O[C@@H]2[C@@H](O)[C@@H](CO)O[C@@H](O[C@H]3[C@H](O)[C@@H](NC(C)=O)[C@H](O[C@H]4[C@@H](O)[C@@H](CO[C@@H]5O[C@H](CO)[C@@H](O[C@@H]6O[C@H](CO)[C@H](O)[C@H](O)[C@H]6O)[C@H](O)[C@H]5NC(C)=O)O[C@@H](O[C@H]5[C@H](O)[C@@H](O)C(O)O[C@@H]5CO)[C@@H]4O)O[C@@H]3CO)[C@@H]2O)O[C@H](CO)[C@@H](O[C@@H]2O[C@H](CO)[C@H](O)[C@H](O)[C@@H]2O)[C@@H]1O. The van der Waals surface area contributed by atoms with Gasteiger partial charge in [-0.15, -0.1) is 0 Å². The largest absolute Gasteiger partial charge is 0.394 e. The van der Waals surface area contributed by atoms with E-state index in [1.807, 2.05) is 0 Å². The van der Waals surface area contributed by atoms with Crippen LogP contribution in [-0.4, -0.2) is 433 Å². The average Bonchev–Trinajstić information content (AvgIpc) is 0.759. The van der Waals surface area contributed by atoms with Crippen LogP contribution in [0.1, 0.15) is 20.8 Å². The molecular formula is C54H91N3O41. The summed E-state index contributed by atoms with van der Waals surface area (Å²) in [5.74, 6) is -2.69. The second-order valence-electron chi connectivity index (χ2n) is 24.6. The van der Waals surface area contributed by atoms with E-state index in [2.05, 4.69) is 16.0 Å². The molecule has 0 aromatic carbocycles. The fraction of sp³-hybridized carbons (Fsp3) is 0.944. The van der Waals surface area contributed by atoms with E-state index < -0.39 is 316 Å². The molecule has 8 aliphatic rings. The Kier molecular flexibility index (Phi) is 28.9. The predicted octanol–water partition coefficient (Wildman–Crippen LogP) is -18.0. The topological polar surface area (TPSA) is 691 Å². The highest BCUT2D eigenvalue weighted by Gasteiger charge is 2.60. The predicted molar refractivity (Wildman–Crippen MR) is 299 cm³/mol. The van der Waals surface area contributed by atoms with Gasteiger partial charge in [-0.1, -0.05) is 0 Å². The lowest BCUT2D eigenvalue weighted by atomic mass is 9.93. The molecule has 98 heavy (non-hydrogen) atoms. The number of carbonyl (C=O) groups excluding carboxylic acids is 3. The zero-order chi connectivity index (χ0) is 72.2. The van der Waals surface area contributed by atoms with Crippen LogP contribution in [0.15, 0.2) is 0 Å². The van der Waals surface area contributed by atoms with Crippen molar-refractivity contribution in [2.24, 2.45) is 0 Å². The van der Waals surface area contributed by atoms with Crippen LogP contribution < -0.4 is 16.0 Å². The molecule has 8 saturated heterocycles. The van der Waals surface area contributed by atoms with E-state index in [9.17, 15) is 132 Å². The maximum Gasteiger partial charge on any atom is 0.217 e. The van der Waals surface area contributed by atoms with Gasteiger partial charge in [-0.25, -0.2) is 0 Å². The Bertz CT molecular complexity index is 2510. The third kappa shape index (κ3) is 17.5. The Balaban J connectivity index is 1.03. The molecule has 0 bridgehead atoms. The van der Waals surface area contributed by atoms with Crippen molar-refractivity contribution < 1.29 is 203 Å². The Labute approximate surface area is 554 Å². The lowest BCUT2D eigenvalue weighted by Gasteiger charge is -2.51. The number of nitrogens with one attached hydrogen (secondary N) is 3. The van der Waals surface area contributed by atoms with Crippen molar-refractivity contribution in [2.45, 2.75) is 266 Å². The molecule has 40 atom stereocenters. The fourth-order valence-corrected chi connectivity index (χ4v) is 12.6. The number of aliphatic hydroxyl groups excluding tert-OH is 23. The van der Waals surface area contributed by atoms with E-state index in [1.165, 1.54) is 0 Å². The van der Waals surface area contributed by atoms with Gasteiger partial charge in [0.1, 0.15) is 195 Å². The Hall–Kier alpha value is -3.11. The number of hydrogen-bond acceptors (Lipinski definition) is 41. The first kappa shape index (κ1) is 80.6. The van der Waals surface area contributed by atoms with Gasteiger partial charge in [0.15, 0.2) is 50.3 Å². The first-order chi connectivity index (χ1) is 46.4. The van der Waals surface area contributed by atoms with Gasteiger partial charge in [0.2, 0.25) is 17.7 Å². The minimum atomic E-state index is -2.37. The minimum Gasteiger partial charge on any atom is -0.394 e. The normalized spacial score (nSPS) is 49.5. The molecule has 0 aromatic rings. The average molecular weight is 1440 g/mol. The Morgan fingerprint density at radius 3 is 0.878 bits per heavy atom. The van der Waals surface area contributed by atoms with Crippen molar-refractivity contribution in [2.75, 3.05) is 52.9 Å². The number of ether oxygens (including phenoxy) is 15. The molecule has 3 amide bonds. The summed E-state index contributed by atoms with van der Waals surface area (Å²) in [5.41, 5.74) is 0. The Morgan fingerprint density at radius 1 is 0.265 bits per heavy atom. The highest BCUT2D eigenvalue weighted by atomic mass is 16.8. The smallest absolute Gasteiger partial charge is 0.217 e. The van der Waals surface area contributed by atoms with E-state index in [0.717, 1.165) is 20.8 Å². The molecule has 8 rings (SSSR count). The Morgan fingerprint density at radius 2 is 0.531 bits per heavy atom. The number of hydrogen-bond donors (Lipinski definition) is 26. The minimum absolute atomic E-state index is 0.852. The third-order valence-corrected chi connectivity index (χ3v) is 17.8. The molecule has 8 aliphatic heterocycles. The van der Waals surface area contributed by atoms with E-state index in [1.54, 1.807) is 0 Å². The molecule has 44 nitrogen and oxygen atoms in total. The van der Waals surface area contributed by atoms with Gasteiger partial charge in [0.25, 0.3) is 0 Å². The highest BCUT2D eigenvalue weighted by Crippen LogP contribution is 2.39. The number of amides is 3. The maximum absolute atomic E-state index is 13.0. The molecule has 0 aromatic heterocycles. The quantitative estimate of drug-likeness (QED) is 0.0404. The van der Waals surface area contributed by atoms with Gasteiger partial charge in [-0.3, -0.25) is 14.4 Å². The highest BCUT2D eigenvalue weighted by molar-refractivity contribution is 5.74. The van der Waals surface area contributed by atoms with Crippen LogP contribution in [0, 0.1) is 0 Å². The van der Waals surface area contributed by atoms with Gasteiger partial charge in [0.05, 0.1) is 52.9 Å². The summed E-state index contributed by atoms with van der Waals surface area (Å²) in [7, 11) is 0. The third-order valence-electron chi connectivity index (χ3n) is 17.8. The van der Waals surface area contributed by atoms with Crippen LogP contribution in [-0.2, 0) is 85.4 Å². The molecule has 8 fully saturated rings. The molecule has 1 unspecified atom stereocenters. The number of rotatable bonds is 25. The zero-order valence-corrected chi connectivity index (χ0v) is 52.4.